The van der Waals surface area contributed by atoms with Gasteiger partial charge < -0.3 is 15.5 Å². The minimum Gasteiger partial charge on any atom is -0.351 e. The molecular formula is C23H28FN3O2. The molecule has 0 radical (unpaired) electrons. The third kappa shape index (κ3) is 5.79. The molecule has 1 saturated heterocycles. The van der Waals surface area contributed by atoms with E-state index in [2.05, 4.69) is 10.6 Å². The highest BCUT2D eigenvalue weighted by Crippen LogP contribution is 2.30. The van der Waals surface area contributed by atoms with Crippen LogP contribution in [0.2, 0.25) is 0 Å². The molecule has 1 aliphatic rings. The van der Waals surface area contributed by atoms with Gasteiger partial charge in [-0.2, -0.15) is 0 Å². The van der Waals surface area contributed by atoms with Crippen LogP contribution in [0.25, 0.3) is 0 Å². The molecule has 0 aliphatic carbocycles. The van der Waals surface area contributed by atoms with Crippen LogP contribution in [0.4, 0.5) is 9.18 Å². The summed E-state index contributed by atoms with van der Waals surface area (Å²) in [5.74, 6) is -0.378. The van der Waals surface area contributed by atoms with E-state index >= 15 is 0 Å². The zero-order chi connectivity index (χ0) is 20.7. The summed E-state index contributed by atoms with van der Waals surface area (Å²) in [6.07, 6.45) is 2.29. The van der Waals surface area contributed by atoms with Gasteiger partial charge in [-0.15, -0.1) is 0 Å². The molecular weight excluding hydrogens is 369 g/mol. The van der Waals surface area contributed by atoms with Crippen LogP contribution in [0.1, 0.15) is 30.9 Å². The number of urea groups is 1. The normalized spacial score (nSPS) is 18.9. The SMILES string of the molecule is CC1(C(=O)NCc2ccc(F)cc2)CCCN(C(=O)NCCc2ccccc2)C1. The van der Waals surface area contributed by atoms with Crippen molar-refractivity contribution in [1.82, 2.24) is 15.5 Å². The molecule has 5 nitrogen and oxygen atoms in total. The molecule has 154 valence electrons. The van der Waals surface area contributed by atoms with Crippen molar-refractivity contribution in [3.63, 3.8) is 0 Å². The van der Waals surface area contributed by atoms with Gasteiger partial charge in [-0.05, 0) is 49.4 Å². The van der Waals surface area contributed by atoms with Gasteiger partial charge in [-0.3, -0.25) is 4.79 Å². The molecule has 2 aromatic rings. The largest absolute Gasteiger partial charge is 0.351 e. The average molecular weight is 397 g/mol. The van der Waals surface area contributed by atoms with Gasteiger partial charge in [-0.25, -0.2) is 9.18 Å². The minimum absolute atomic E-state index is 0.0800. The lowest BCUT2D eigenvalue weighted by Gasteiger charge is -2.39. The Kier molecular flexibility index (Phi) is 6.86. The summed E-state index contributed by atoms with van der Waals surface area (Å²) >= 11 is 0. The predicted molar refractivity (Wildman–Crippen MR) is 111 cm³/mol. The molecule has 3 amide bonds. The maximum atomic E-state index is 13.0. The molecule has 2 N–H and O–H groups in total. The number of nitrogens with zero attached hydrogens (tertiary/aromatic N) is 1. The molecule has 1 atom stereocenters. The number of likely N-dealkylation sites (tertiary alicyclic amines) is 1. The lowest BCUT2D eigenvalue weighted by molar-refractivity contribution is -0.132. The third-order valence-electron chi connectivity index (χ3n) is 5.43. The van der Waals surface area contributed by atoms with E-state index in [0.29, 0.717) is 26.2 Å². The van der Waals surface area contributed by atoms with Crippen molar-refractivity contribution >= 4 is 11.9 Å². The van der Waals surface area contributed by atoms with Crippen LogP contribution >= 0.6 is 0 Å². The van der Waals surface area contributed by atoms with E-state index in [1.807, 2.05) is 37.3 Å². The number of carbonyl (C=O) groups is 2. The fraction of sp³-hybridized carbons (Fsp3) is 0.391. The summed E-state index contributed by atoms with van der Waals surface area (Å²) in [5, 5.41) is 5.89. The Morgan fingerprint density at radius 1 is 1.03 bits per heavy atom. The number of nitrogens with one attached hydrogen (secondary N) is 2. The van der Waals surface area contributed by atoms with Crippen molar-refractivity contribution in [1.29, 1.82) is 0 Å². The molecule has 6 heteroatoms. The summed E-state index contributed by atoms with van der Waals surface area (Å²) in [6, 6.07) is 16.0. The molecule has 1 fully saturated rings. The number of benzene rings is 2. The van der Waals surface area contributed by atoms with Gasteiger partial charge in [0, 0.05) is 26.2 Å². The Hall–Kier alpha value is -2.89. The summed E-state index contributed by atoms with van der Waals surface area (Å²) in [6.45, 7) is 3.85. The molecule has 1 unspecified atom stereocenters. The van der Waals surface area contributed by atoms with Crippen LogP contribution in [0.15, 0.2) is 54.6 Å². The number of piperidine rings is 1. The van der Waals surface area contributed by atoms with Gasteiger partial charge in [-0.1, -0.05) is 42.5 Å². The first kappa shape index (κ1) is 20.8. The van der Waals surface area contributed by atoms with Gasteiger partial charge in [0.05, 0.1) is 5.41 Å². The number of hydrogen-bond donors (Lipinski definition) is 2. The lowest BCUT2D eigenvalue weighted by atomic mass is 9.81. The quantitative estimate of drug-likeness (QED) is 0.784. The van der Waals surface area contributed by atoms with Crippen molar-refractivity contribution in [3.8, 4) is 0 Å². The van der Waals surface area contributed by atoms with E-state index in [-0.39, 0.29) is 17.8 Å². The number of carbonyl (C=O) groups excluding carboxylic acids is 2. The highest BCUT2D eigenvalue weighted by atomic mass is 19.1. The maximum Gasteiger partial charge on any atom is 0.317 e. The van der Waals surface area contributed by atoms with Crippen LogP contribution in [0, 0.1) is 11.2 Å². The van der Waals surface area contributed by atoms with Gasteiger partial charge in [0.15, 0.2) is 0 Å². The van der Waals surface area contributed by atoms with E-state index in [0.717, 1.165) is 24.8 Å². The first-order valence-electron chi connectivity index (χ1n) is 10.1. The van der Waals surface area contributed by atoms with Gasteiger partial charge in [0.1, 0.15) is 5.82 Å². The van der Waals surface area contributed by atoms with Crippen molar-refractivity contribution < 1.29 is 14.0 Å². The van der Waals surface area contributed by atoms with E-state index in [9.17, 15) is 14.0 Å². The zero-order valence-electron chi connectivity index (χ0n) is 16.8. The zero-order valence-corrected chi connectivity index (χ0v) is 16.8. The second-order valence-corrected chi connectivity index (χ2v) is 7.86. The van der Waals surface area contributed by atoms with Crippen LogP contribution in [0.5, 0.6) is 0 Å². The second kappa shape index (κ2) is 9.54. The van der Waals surface area contributed by atoms with E-state index in [1.54, 1.807) is 17.0 Å². The van der Waals surface area contributed by atoms with Gasteiger partial charge in [0.25, 0.3) is 0 Å². The fourth-order valence-corrected chi connectivity index (χ4v) is 3.67. The summed E-state index contributed by atoms with van der Waals surface area (Å²) < 4.78 is 13.0. The molecule has 3 rings (SSSR count). The molecule has 0 saturated carbocycles. The molecule has 2 aromatic carbocycles. The number of rotatable bonds is 6. The first-order chi connectivity index (χ1) is 14.0. The van der Waals surface area contributed by atoms with Crippen molar-refractivity contribution in [2.24, 2.45) is 5.41 Å². The third-order valence-corrected chi connectivity index (χ3v) is 5.43. The Balaban J connectivity index is 1.49. The minimum atomic E-state index is -0.630. The Morgan fingerprint density at radius 3 is 2.48 bits per heavy atom. The van der Waals surface area contributed by atoms with Crippen LogP contribution < -0.4 is 10.6 Å². The van der Waals surface area contributed by atoms with Crippen LogP contribution in [0.3, 0.4) is 0 Å². The summed E-state index contributed by atoms with van der Waals surface area (Å²) in [7, 11) is 0. The number of amides is 3. The van der Waals surface area contributed by atoms with E-state index < -0.39 is 5.41 Å². The van der Waals surface area contributed by atoms with Crippen molar-refractivity contribution in [3.05, 3.63) is 71.5 Å². The van der Waals surface area contributed by atoms with E-state index in [4.69, 9.17) is 0 Å². The van der Waals surface area contributed by atoms with Crippen molar-refractivity contribution in [2.75, 3.05) is 19.6 Å². The fourth-order valence-electron chi connectivity index (χ4n) is 3.67. The second-order valence-electron chi connectivity index (χ2n) is 7.86. The smallest absolute Gasteiger partial charge is 0.317 e. The Bertz CT molecular complexity index is 826. The Labute approximate surface area is 171 Å². The van der Waals surface area contributed by atoms with Crippen LogP contribution in [-0.2, 0) is 17.8 Å². The monoisotopic (exact) mass is 397 g/mol. The molecule has 29 heavy (non-hydrogen) atoms. The van der Waals surface area contributed by atoms with Crippen molar-refractivity contribution in [2.45, 2.75) is 32.7 Å². The highest BCUT2D eigenvalue weighted by molar-refractivity contribution is 5.84. The number of hydrogen-bond acceptors (Lipinski definition) is 2. The topological polar surface area (TPSA) is 61.4 Å². The molecule has 0 bridgehead atoms. The molecule has 1 aliphatic heterocycles. The summed E-state index contributed by atoms with van der Waals surface area (Å²) in [5.41, 5.74) is 1.39. The molecule has 0 spiro atoms. The standard InChI is InChI=1S/C23H28FN3O2/c1-23(21(28)26-16-19-8-10-20(24)11-9-19)13-5-15-27(17-23)22(29)25-14-12-18-6-3-2-4-7-18/h2-4,6-11H,5,12-17H2,1H3,(H,25,29)(H,26,28). The van der Waals surface area contributed by atoms with Crippen LogP contribution in [-0.4, -0.2) is 36.5 Å². The number of halogens is 1. The lowest BCUT2D eigenvalue weighted by Crippen LogP contribution is -2.54. The van der Waals surface area contributed by atoms with E-state index in [1.165, 1.54) is 17.7 Å². The van der Waals surface area contributed by atoms with Gasteiger partial charge >= 0.3 is 6.03 Å². The average Bonchev–Trinajstić information content (AvgIpc) is 2.74. The molecule has 0 aromatic heterocycles. The highest BCUT2D eigenvalue weighted by Gasteiger charge is 2.39. The Morgan fingerprint density at radius 2 is 1.76 bits per heavy atom. The van der Waals surface area contributed by atoms with Gasteiger partial charge in [0.2, 0.25) is 5.91 Å². The maximum absolute atomic E-state index is 13.0. The predicted octanol–water partition coefficient (Wildman–Crippen LogP) is 3.50. The first-order valence-corrected chi connectivity index (χ1v) is 10.1. The molecule has 1 heterocycles. The summed E-state index contributed by atoms with van der Waals surface area (Å²) in [4.78, 5) is 27.1.